The lowest BCUT2D eigenvalue weighted by Gasteiger charge is -2.37. The number of fused-ring (bicyclic) bond motifs is 1. The molecule has 0 amide bonds. The number of methoxy groups -OCH3 is 1. The van der Waals surface area contributed by atoms with Crippen molar-refractivity contribution in [3.63, 3.8) is 0 Å². The number of ether oxygens (including phenoxy) is 1. The molecule has 2 aliphatic rings. The van der Waals surface area contributed by atoms with Crippen LogP contribution in [-0.4, -0.2) is 80.1 Å². The van der Waals surface area contributed by atoms with Gasteiger partial charge in [-0.05, 0) is 31.0 Å². The molecule has 1 atom stereocenters. The van der Waals surface area contributed by atoms with E-state index in [9.17, 15) is 23.1 Å². The summed E-state index contributed by atoms with van der Waals surface area (Å²) in [6, 6.07) is 3.35. The molecule has 1 aromatic heterocycles. The third-order valence-electron chi connectivity index (χ3n) is 6.60. The number of piperazine rings is 1. The van der Waals surface area contributed by atoms with Crippen molar-refractivity contribution in [1.29, 1.82) is 0 Å². The zero-order valence-electron chi connectivity index (χ0n) is 18.3. The summed E-state index contributed by atoms with van der Waals surface area (Å²) in [5.74, 6) is 0.0184. The van der Waals surface area contributed by atoms with Gasteiger partial charge in [0, 0.05) is 44.2 Å². The second kappa shape index (κ2) is 8.84. The van der Waals surface area contributed by atoms with Gasteiger partial charge in [0.2, 0.25) is 0 Å². The van der Waals surface area contributed by atoms with Crippen LogP contribution in [0, 0.1) is 6.92 Å². The number of sulfone groups is 1. The minimum Gasteiger partial charge on any atom is -0.507 e. The van der Waals surface area contributed by atoms with E-state index in [0.717, 1.165) is 26.2 Å². The maximum Gasteiger partial charge on any atom is 0.340 e. The van der Waals surface area contributed by atoms with Crippen molar-refractivity contribution in [2.45, 2.75) is 32.4 Å². The Bertz CT molecular complexity index is 1200. The van der Waals surface area contributed by atoms with Gasteiger partial charge in [-0.25, -0.2) is 13.2 Å². The summed E-state index contributed by atoms with van der Waals surface area (Å²) in [5, 5.41) is 11.2. The van der Waals surface area contributed by atoms with Gasteiger partial charge in [0.1, 0.15) is 11.3 Å². The van der Waals surface area contributed by atoms with E-state index in [4.69, 9.17) is 4.42 Å². The van der Waals surface area contributed by atoms with Gasteiger partial charge in [0.05, 0.1) is 36.2 Å². The summed E-state index contributed by atoms with van der Waals surface area (Å²) in [5.41, 5.74) is 1.13. The Morgan fingerprint density at radius 3 is 2.56 bits per heavy atom. The largest absolute Gasteiger partial charge is 0.507 e. The van der Waals surface area contributed by atoms with Crippen molar-refractivity contribution in [3.05, 3.63) is 39.2 Å². The number of aryl methyl sites for hydroxylation is 1. The van der Waals surface area contributed by atoms with Crippen LogP contribution in [0.25, 0.3) is 11.0 Å². The number of rotatable bonds is 5. The fourth-order valence-electron chi connectivity index (χ4n) is 4.65. The Kier molecular flexibility index (Phi) is 6.28. The minimum atomic E-state index is -2.92. The van der Waals surface area contributed by atoms with Crippen LogP contribution < -0.4 is 5.63 Å². The third-order valence-corrected chi connectivity index (χ3v) is 8.35. The summed E-state index contributed by atoms with van der Waals surface area (Å²) in [6.07, 6.45) is 0.514. The minimum absolute atomic E-state index is 0.0464. The summed E-state index contributed by atoms with van der Waals surface area (Å²) < 4.78 is 33.8. The van der Waals surface area contributed by atoms with E-state index in [1.54, 1.807) is 19.1 Å². The molecular formula is C22H28N2O7S. The van der Waals surface area contributed by atoms with Gasteiger partial charge >= 0.3 is 11.6 Å². The lowest BCUT2D eigenvalue weighted by atomic mass is 10.0. The normalized spacial score (nSPS) is 21.8. The van der Waals surface area contributed by atoms with Crippen LogP contribution in [0.5, 0.6) is 5.75 Å². The maximum atomic E-state index is 12.6. The Morgan fingerprint density at radius 1 is 1.22 bits per heavy atom. The molecule has 32 heavy (non-hydrogen) atoms. The molecule has 1 unspecified atom stereocenters. The number of carbonyl (C=O) groups is 1. The second-order valence-electron chi connectivity index (χ2n) is 8.55. The van der Waals surface area contributed by atoms with Crippen molar-refractivity contribution in [1.82, 2.24) is 9.80 Å². The zero-order chi connectivity index (χ0) is 23.0. The second-order valence-corrected chi connectivity index (χ2v) is 10.8. The van der Waals surface area contributed by atoms with Crippen molar-refractivity contribution in [2.75, 3.05) is 44.8 Å². The summed E-state index contributed by atoms with van der Waals surface area (Å²) in [4.78, 5) is 28.6. The van der Waals surface area contributed by atoms with E-state index in [2.05, 4.69) is 14.5 Å². The van der Waals surface area contributed by atoms with Crippen LogP contribution in [0.15, 0.2) is 21.3 Å². The molecule has 0 aliphatic carbocycles. The molecule has 2 aromatic rings. The van der Waals surface area contributed by atoms with Gasteiger partial charge < -0.3 is 14.3 Å². The molecule has 0 spiro atoms. The van der Waals surface area contributed by atoms with Crippen molar-refractivity contribution in [2.24, 2.45) is 0 Å². The molecule has 0 bridgehead atoms. The van der Waals surface area contributed by atoms with E-state index >= 15 is 0 Å². The number of esters is 1. The molecule has 2 saturated heterocycles. The Hall–Kier alpha value is -2.43. The predicted octanol–water partition coefficient (Wildman–Crippen LogP) is 0.827. The highest BCUT2D eigenvalue weighted by molar-refractivity contribution is 7.91. The fraction of sp³-hybridized carbons (Fsp3) is 0.545. The summed E-state index contributed by atoms with van der Waals surface area (Å²) in [6.45, 7) is 5.09. The van der Waals surface area contributed by atoms with Crippen LogP contribution in [0.3, 0.4) is 0 Å². The van der Waals surface area contributed by atoms with Crippen LogP contribution in [-0.2, 0) is 32.3 Å². The highest BCUT2D eigenvalue weighted by Gasteiger charge is 2.34. The SMILES string of the molecule is COC(=O)Cc1c(C)c2ccc(O)c(CN3CCN(C4CCS(=O)(=O)C4)CC3)c2oc1=O. The summed E-state index contributed by atoms with van der Waals surface area (Å²) >= 11 is 0. The molecule has 1 N–H and O–H groups in total. The number of nitrogens with zero attached hydrogens (tertiary/aromatic N) is 2. The van der Waals surface area contributed by atoms with Gasteiger partial charge in [-0.15, -0.1) is 0 Å². The van der Waals surface area contributed by atoms with Crippen LogP contribution in [0.2, 0.25) is 0 Å². The molecular weight excluding hydrogens is 436 g/mol. The van der Waals surface area contributed by atoms with Gasteiger partial charge in [-0.1, -0.05) is 0 Å². The molecule has 9 nitrogen and oxygen atoms in total. The highest BCUT2D eigenvalue weighted by atomic mass is 32.2. The van der Waals surface area contributed by atoms with E-state index in [1.165, 1.54) is 7.11 Å². The lowest BCUT2D eigenvalue weighted by molar-refractivity contribution is -0.139. The van der Waals surface area contributed by atoms with Gasteiger partial charge in [-0.2, -0.15) is 0 Å². The van der Waals surface area contributed by atoms with Crippen LogP contribution in [0.1, 0.15) is 23.1 Å². The van der Waals surface area contributed by atoms with Crippen molar-refractivity contribution >= 4 is 26.8 Å². The van der Waals surface area contributed by atoms with Gasteiger partial charge in [0.25, 0.3) is 0 Å². The first-order valence-electron chi connectivity index (χ1n) is 10.7. The van der Waals surface area contributed by atoms with Gasteiger partial charge in [-0.3, -0.25) is 14.6 Å². The molecule has 1 aromatic carbocycles. The molecule has 0 radical (unpaired) electrons. The Labute approximate surface area is 186 Å². The van der Waals surface area contributed by atoms with Crippen LogP contribution >= 0.6 is 0 Å². The molecule has 2 aliphatic heterocycles. The summed E-state index contributed by atoms with van der Waals surface area (Å²) in [7, 11) is -1.65. The van der Waals surface area contributed by atoms with Gasteiger partial charge in [0.15, 0.2) is 9.84 Å². The smallest absolute Gasteiger partial charge is 0.340 e. The molecule has 174 valence electrons. The van der Waals surface area contributed by atoms with E-state index < -0.39 is 21.4 Å². The predicted molar refractivity (Wildman–Crippen MR) is 119 cm³/mol. The van der Waals surface area contributed by atoms with E-state index in [-0.39, 0.29) is 35.3 Å². The third kappa shape index (κ3) is 4.53. The molecule has 0 saturated carbocycles. The number of phenolic OH excluding ortho intramolecular Hbond substituents is 1. The number of aromatic hydroxyl groups is 1. The first-order valence-corrected chi connectivity index (χ1v) is 12.5. The molecule has 3 heterocycles. The van der Waals surface area contributed by atoms with Crippen LogP contribution in [0.4, 0.5) is 0 Å². The molecule has 2 fully saturated rings. The number of phenols is 1. The first-order chi connectivity index (χ1) is 15.2. The average molecular weight is 465 g/mol. The number of benzene rings is 1. The van der Waals surface area contributed by atoms with E-state index in [0.29, 0.717) is 35.1 Å². The average Bonchev–Trinajstić information content (AvgIpc) is 3.13. The standard InChI is InChI=1S/C22H28N2O7S/c1-14-16-3-4-19(25)18(21(16)31-22(27)17(14)11-20(26)30-2)12-23-6-8-24(9-7-23)15-5-10-32(28,29)13-15/h3-4,15,25H,5-13H2,1-2H3. The number of carbonyl (C=O) groups excluding carboxylic acids is 1. The topological polar surface area (TPSA) is 117 Å². The highest BCUT2D eigenvalue weighted by Crippen LogP contribution is 2.31. The monoisotopic (exact) mass is 464 g/mol. The van der Waals surface area contributed by atoms with Crippen molar-refractivity contribution in [3.8, 4) is 5.75 Å². The van der Waals surface area contributed by atoms with E-state index in [1.807, 2.05) is 0 Å². The number of hydrogen-bond acceptors (Lipinski definition) is 9. The quantitative estimate of drug-likeness (QED) is 0.507. The Morgan fingerprint density at radius 2 is 1.94 bits per heavy atom. The zero-order valence-corrected chi connectivity index (χ0v) is 19.1. The molecule has 4 rings (SSSR count). The Balaban J connectivity index is 1.54. The first kappa shape index (κ1) is 22.8. The van der Waals surface area contributed by atoms with Crippen molar-refractivity contribution < 1.29 is 27.5 Å². The fourth-order valence-corrected chi connectivity index (χ4v) is 6.41. The molecule has 10 heteroatoms. The number of hydrogen-bond donors (Lipinski definition) is 1. The lowest BCUT2D eigenvalue weighted by Crippen LogP contribution is -2.50. The maximum absolute atomic E-state index is 12.6.